The number of nitrogens with one attached hydrogen (secondary N) is 1. The number of hydrogen-bond acceptors (Lipinski definition) is 3. The van der Waals surface area contributed by atoms with Crippen LogP contribution in [0.5, 0.6) is 0 Å². The van der Waals surface area contributed by atoms with Gasteiger partial charge < -0.3 is 4.74 Å². The van der Waals surface area contributed by atoms with Crippen LogP contribution in [0.4, 0.5) is 13.2 Å². The Morgan fingerprint density at radius 3 is 2.57 bits per heavy atom. The number of aromatic amines is 1. The van der Waals surface area contributed by atoms with Gasteiger partial charge in [-0.2, -0.15) is 18.3 Å². The van der Waals surface area contributed by atoms with Gasteiger partial charge in [-0.3, -0.25) is 9.89 Å². The van der Waals surface area contributed by atoms with E-state index in [1.54, 1.807) is 24.3 Å². The molecule has 0 saturated carbocycles. The number of esters is 1. The van der Waals surface area contributed by atoms with E-state index in [9.17, 15) is 18.0 Å². The average molecular weight is 347 g/mol. The van der Waals surface area contributed by atoms with Crippen molar-refractivity contribution in [3.8, 4) is 0 Å². The van der Waals surface area contributed by atoms with Crippen molar-refractivity contribution in [2.24, 2.45) is 0 Å². The molecule has 0 aliphatic rings. The number of nitrogens with zero attached hydrogens (tertiary/aromatic N) is 1. The summed E-state index contributed by atoms with van der Waals surface area (Å²) in [5.74, 6) is -0.461. The molecule has 0 spiro atoms. The number of aryl methyl sites for hydroxylation is 1. The molecule has 1 heterocycles. The SMILES string of the molecule is O=C(CCc1ccc(Cl)cc1)OCCc1cn[nH]c1C(F)(F)F. The fraction of sp³-hybridized carbons (Fsp3) is 0.333. The van der Waals surface area contributed by atoms with Crippen LogP contribution in [-0.2, 0) is 28.5 Å². The number of hydrogen-bond donors (Lipinski definition) is 1. The lowest BCUT2D eigenvalue weighted by Gasteiger charge is -2.08. The summed E-state index contributed by atoms with van der Waals surface area (Å²) in [6.07, 6.45) is -2.82. The predicted molar refractivity (Wildman–Crippen MR) is 78.0 cm³/mol. The highest BCUT2D eigenvalue weighted by atomic mass is 35.5. The Hall–Kier alpha value is -2.02. The van der Waals surface area contributed by atoms with Crippen molar-refractivity contribution in [1.82, 2.24) is 10.2 Å². The topological polar surface area (TPSA) is 55.0 Å². The number of aromatic nitrogens is 2. The Morgan fingerprint density at radius 2 is 1.91 bits per heavy atom. The molecule has 0 bridgehead atoms. The maximum absolute atomic E-state index is 12.6. The molecule has 124 valence electrons. The van der Waals surface area contributed by atoms with E-state index in [1.165, 1.54) is 0 Å². The molecule has 1 aromatic carbocycles. The summed E-state index contributed by atoms with van der Waals surface area (Å²) in [6, 6.07) is 7.05. The molecule has 1 N–H and O–H groups in total. The fourth-order valence-corrected chi connectivity index (χ4v) is 2.12. The van der Waals surface area contributed by atoms with E-state index < -0.39 is 17.8 Å². The van der Waals surface area contributed by atoms with Crippen LogP contribution in [0.25, 0.3) is 0 Å². The van der Waals surface area contributed by atoms with Crippen LogP contribution in [-0.4, -0.2) is 22.8 Å². The van der Waals surface area contributed by atoms with E-state index in [2.05, 4.69) is 5.10 Å². The molecule has 4 nitrogen and oxygen atoms in total. The summed E-state index contributed by atoms with van der Waals surface area (Å²) in [5, 5.41) is 5.89. The first-order valence-electron chi connectivity index (χ1n) is 6.86. The Labute approximate surface area is 135 Å². The third kappa shape index (κ3) is 5.28. The molecule has 0 aliphatic heterocycles. The zero-order valence-electron chi connectivity index (χ0n) is 12.0. The fourth-order valence-electron chi connectivity index (χ4n) is 1.99. The Kier molecular flexibility index (Phi) is 5.65. The molecule has 8 heteroatoms. The van der Waals surface area contributed by atoms with E-state index in [-0.39, 0.29) is 25.0 Å². The zero-order chi connectivity index (χ0) is 16.9. The van der Waals surface area contributed by atoms with Crippen LogP contribution >= 0.6 is 11.6 Å². The van der Waals surface area contributed by atoms with Crippen molar-refractivity contribution in [2.45, 2.75) is 25.4 Å². The number of rotatable bonds is 6. The first-order valence-corrected chi connectivity index (χ1v) is 7.23. The minimum Gasteiger partial charge on any atom is -0.465 e. The number of alkyl halides is 3. The van der Waals surface area contributed by atoms with Gasteiger partial charge in [-0.05, 0) is 24.1 Å². The van der Waals surface area contributed by atoms with Crippen molar-refractivity contribution >= 4 is 17.6 Å². The third-order valence-electron chi connectivity index (χ3n) is 3.17. The summed E-state index contributed by atoms with van der Waals surface area (Å²) in [5.41, 5.74) is -0.00161. The van der Waals surface area contributed by atoms with Crippen LogP contribution in [0.2, 0.25) is 5.02 Å². The first kappa shape index (κ1) is 17.3. The molecule has 0 amide bonds. The molecule has 0 atom stereocenters. The number of carbonyl (C=O) groups excluding carboxylic acids is 1. The van der Waals surface area contributed by atoms with Gasteiger partial charge in [0.15, 0.2) is 0 Å². The molecule has 23 heavy (non-hydrogen) atoms. The second kappa shape index (κ2) is 7.50. The Balaban J connectivity index is 1.75. The minimum atomic E-state index is -4.50. The van der Waals surface area contributed by atoms with Crippen molar-refractivity contribution in [3.05, 3.63) is 52.3 Å². The van der Waals surface area contributed by atoms with Gasteiger partial charge in [0, 0.05) is 23.4 Å². The normalized spacial score (nSPS) is 11.5. The molecule has 0 fully saturated rings. The van der Waals surface area contributed by atoms with Crippen molar-refractivity contribution in [1.29, 1.82) is 0 Å². The van der Waals surface area contributed by atoms with E-state index in [1.807, 2.05) is 5.10 Å². The smallest absolute Gasteiger partial charge is 0.433 e. The quantitative estimate of drug-likeness (QED) is 0.809. The van der Waals surface area contributed by atoms with E-state index in [0.29, 0.717) is 11.4 Å². The Morgan fingerprint density at radius 1 is 1.22 bits per heavy atom. The van der Waals surface area contributed by atoms with Gasteiger partial charge in [-0.25, -0.2) is 0 Å². The standard InChI is InChI=1S/C15H14ClF3N2O2/c16-12-4-1-10(2-5-12)3-6-13(22)23-8-7-11-9-20-21-14(11)15(17,18)19/h1-2,4-5,9H,3,6-8H2,(H,20,21). The number of carbonyl (C=O) groups is 1. The average Bonchev–Trinajstić information content (AvgIpc) is 2.95. The van der Waals surface area contributed by atoms with Gasteiger partial charge in [0.1, 0.15) is 5.69 Å². The molecule has 2 rings (SSSR count). The highest BCUT2D eigenvalue weighted by Gasteiger charge is 2.35. The molecular formula is C15H14ClF3N2O2. The summed E-state index contributed by atoms with van der Waals surface area (Å²) in [6.45, 7) is -0.123. The molecule has 0 saturated heterocycles. The lowest BCUT2D eigenvalue weighted by Crippen LogP contribution is -2.12. The lowest BCUT2D eigenvalue weighted by atomic mass is 10.1. The summed E-state index contributed by atoms with van der Waals surface area (Å²) >= 11 is 5.76. The number of benzene rings is 1. The van der Waals surface area contributed by atoms with Crippen LogP contribution < -0.4 is 0 Å². The van der Waals surface area contributed by atoms with Gasteiger partial charge in [-0.1, -0.05) is 23.7 Å². The van der Waals surface area contributed by atoms with Gasteiger partial charge in [0.25, 0.3) is 0 Å². The van der Waals surface area contributed by atoms with Crippen molar-refractivity contribution in [2.75, 3.05) is 6.61 Å². The second-order valence-corrected chi connectivity index (χ2v) is 5.30. The molecule has 0 unspecified atom stereocenters. The molecule has 0 radical (unpaired) electrons. The van der Waals surface area contributed by atoms with Crippen molar-refractivity contribution < 1.29 is 22.7 Å². The summed E-state index contributed by atoms with van der Waals surface area (Å²) in [7, 11) is 0. The molecule has 0 aliphatic carbocycles. The van der Waals surface area contributed by atoms with E-state index in [0.717, 1.165) is 11.8 Å². The highest BCUT2D eigenvalue weighted by molar-refractivity contribution is 6.30. The predicted octanol–water partition coefficient (Wildman–Crippen LogP) is 3.80. The molecular weight excluding hydrogens is 333 g/mol. The maximum Gasteiger partial charge on any atom is 0.433 e. The van der Waals surface area contributed by atoms with Gasteiger partial charge in [-0.15, -0.1) is 0 Å². The third-order valence-corrected chi connectivity index (χ3v) is 3.42. The van der Waals surface area contributed by atoms with Crippen LogP contribution in [0.15, 0.2) is 30.5 Å². The van der Waals surface area contributed by atoms with Gasteiger partial charge >= 0.3 is 12.1 Å². The summed E-state index contributed by atoms with van der Waals surface area (Å²) in [4.78, 5) is 11.6. The van der Waals surface area contributed by atoms with E-state index in [4.69, 9.17) is 16.3 Å². The van der Waals surface area contributed by atoms with E-state index >= 15 is 0 Å². The highest BCUT2D eigenvalue weighted by Crippen LogP contribution is 2.30. The lowest BCUT2D eigenvalue weighted by molar-refractivity contribution is -0.143. The van der Waals surface area contributed by atoms with Gasteiger partial charge in [0.2, 0.25) is 0 Å². The minimum absolute atomic E-state index is 0.0250. The Bertz CT molecular complexity index is 653. The zero-order valence-corrected chi connectivity index (χ0v) is 12.7. The summed E-state index contributed by atoms with van der Waals surface area (Å²) < 4.78 is 42.8. The van der Waals surface area contributed by atoms with Crippen molar-refractivity contribution in [3.63, 3.8) is 0 Å². The maximum atomic E-state index is 12.6. The first-order chi connectivity index (χ1) is 10.9. The number of ether oxygens (including phenoxy) is 1. The van der Waals surface area contributed by atoms with Crippen LogP contribution in [0.3, 0.4) is 0 Å². The van der Waals surface area contributed by atoms with Gasteiger partial charge in [0.05, 0.1) is 12.8 Å². The number of halogens is 4. The second-order valence-electron chi connectivity index (χ2n) is 4.86. The molecule has 2 aromatic rings. The number of H-pyrrole nitrogens is 1. The van der Waals surface area contributed by atoms with Crippen LogP contribution in [0, 0.1) is 0 Å². The van der Waals surface area contributed by atoms with Crippen LogP contribution in [0.1, 0.15) is 23.2 Å². The monoisotopic (exact) mass is 346 g/mol. The largest absolute Gasteiger partial charge is 0.465 e. The molecule has 1 aromatic heterocycles.